The number of rotatable bonds is 2. The predicted octanol–water partition coefficient (Wildman–Crippen LogP) is 4.39. The summed E-state index contributed by atoms with van der Waals surface area (Å²) in [7, 11) is 0. The van der Waals surface area contributed by atoms with Crippen LogP contribution in [0.4, 0.5) is 0 Å². The second-order valence-corrected chi connectivity index (χ2v) is 6.01. The molecule has 4 nitrogen and oxygen atoms in total. The van der Waals surface area contributed by atoms with E-state index in [-0.39, 0.29) is 11.2 Å². The Hall–Kier alpha value is -3.40. The van der Waals surface area contributed by atoms with Gasteiger partial charge in [-0.05, 0) is 48.4 Å². The fourth-order valence-electron chi connectivity index (χ4n) is 3.19. The number of phenolic OH excluding ortho intramolecular Hbond substituents is 1. The number of phenols is 1. The zero-order valence-corrected chi connectivity index (χ0v) is 13.4. The molecule has 0 radical (unpaired) electrons. The molecule has 1 aliphatic carbocycles. The van der Waals surface area contributed by atoms with Gasteiger partial charge in [-0.3, -0.25) is 9.59 Å². The number of carbonyl (C=O) groups is 1. The van der Waals surface area contributed by atoms with E-state index in [9.17, 15) is 14.7 Å². The van der Waals surface area contributed by atoms with E-state index in [4.69, 9.17) is 4.42 Å². The van der Waals surface area contributed by atoms with Crippen LogP contribution in [-0.2, 0) is 0 Å². The predicted molar refractivity (Wildman–Crippen MR) is 96.3 cm³/mol. The summed E-state index contributed by atoms with van der Waals surface area (Å²) in [6.07, 6.45) is 0.815. The topological polar surface area (TPSA) is 67.5 Å². The van der Waals surface area contributed by atoms with Crippen molar-refractivity contribution in [2.45, 2.75) is 6.92 Å². The van der Waals surface area contributed by atoms with Crippen LogP contribution < -0.4 is 5.43 Å². The van der Waals surface area contributed by atoms with E-state index < -0.39 is 0 Å². The molecule has 0 spiro atoms. The standard InChI is InChI=1S/C21H14O4/c1-12-8-13(11-22)2-5-16(12)21-17-6-3-14(23)9-19(17)25-20-10-15(24)4-7-18(20)21/h2-11,23H,1H3. The normalized spacial score (nSPS) is 11.1. The molecule has 2 aromatic rings. The van der Waals surface area contributed by atoms with Crippen molar-refractivity contribution in [3.05, 3.63) is 75.9 Å². The Morgan fingerprint density at radius 1 is 0.960 bits per heavy atom. The Kier molecular flexibility index (Phi) is 3.39. The molecular weight excluding hydrogens is 316 g/mol. The minimum Gasteiger partial charge on any atom is -0.508 e. The fraction of sp³-hybridized carbons (Fsp3) is 0.0476. The van der Waals surface area contributed by atoms with Gasteiger partial charge in [-0.2, -0.15) is 0 Å². The highest BCUT2D eigenvalue weighted by Crippen LogP contribution is 2.41. The first kappa shape index (κ1) is 15.1. The molecule has 0 atom stereocenters. The van der Waals surface area contributed by atoms with E-state index >= 15 is 0 Å². The van der Waals surface area contributed by atoms with Gasteiger partial charge >= 0.3 is 0 Å². The highest BCUT2D eigenvalue weighted by Gasteiger charge is 2.18. The third kappa shape index (κ3) is 2.48. The Bertz CT molecular complexity index is 1150. The minimum absolute atomic E-state index is 0.0906. The summed E-state index contributed by atoms with van der Waals surface area (Å²) in [4.78, 5) is 22.8. The van der Waals surface area contributed by atoms with Gasteiger partial charge in [-0.25, -0.2) is 0 Å². The molecule has 0 fully saturated rings. The average Bonchev–Trinajstić information content (AvgIpc) is 2.59. The van der Waals surface area contributed by atoms with E-state index in [0.29, 0.717) is 16.9 Å². The van der Waals surface area contributed by atoms with E-state index in [0.717, 1.165) is 33.9 Å². The van der Waals surface area contributed by atoms with Gasteiger partial charge in [0.2, 0.25) is 0 Å². The van der Waals surface area contributed by atoms with Crippen molar-refractivity contribution in [2.24, 2.45) is 0 Å². The fourth-order valence-corrected chi connectivity index (χ4v) is 3.19. The van der Waals surface area contributed by atoms with Gasteiger partial charge in [0.25, 0.3) is 0 Å². The molecule has 2 aromatic carbocycles. The van der Waals surface area contributed by atoms with Gasteiger partial charge in [-0.15, -0.1) is 0 Å². The molecule has 0 aromatic heterocycles. The minimum atomic E-state index is -0.144. The Morgan fingerprint density at radius 3 is 2.52 bits per heavy atom. The summed E-state index contributed by atoms with van der Waals surface area (Å²) in [6, 6.07) is 15.1. The van der Waals surface area contributed by atoms with Crippen molar-refractivity contribution < 1.29 is 14.3 Å². The average molecular weight is 330 g/mol. The van der Waals surface area contributed by atoms with Crippen molar-refractivity contribution in [3.8, 4) is 28.2 Å². The molecule has 122 valence electrons. The lowest BCUT2D eigenvalue weighted by molar-refractivity contribution is 0.112. The number of aryl methyl sites for hydroxylation is 1. The van der Waals surface area contributed by atoms with Crippen molar-refractivity contribution in [3.63, 3.8) is 0 Å². The van der Waals surface area contributed by atoms with Crippen LogP contribution in [0.2, 0.25) is 0 Å². The van der Waals surface area contributed by atoms with Gasteiger partial charge < -0.3 is 9.52 Å². The molecule has 1 aliphatic heterocycles. The SMILES string of the molecule is Cc1cc(C=O)ccc1-c1c2ccc(=O)cc-2oc2cc(O)ccc12. The van der Waals surface area contributed by atoms with Gasteiger partial charge in [0, 0.05) is 34.2 Å². The number of carbonyl (C=O) groups excluding carboxylic acids is 1. The Labute approximate surface area is 143 Å². The molecule has 4 rings (SSSR count). The molecule has 0 unspecified atom stereocenters. The monoisotopic (exact) mass is 330 g/mol. The van der Waals surface area contributed by atoms with Crippen LogP contribution in [0.15, 0.2) is 63.8 Å². The van der Waals surface area contributed by atoms with Gasteiger partial charge in [0.05, 0.1) is 0 Å². The smallest absolute Gasteiger partial charge is 0.182 e. The molecule has 4 heteroatoms. The van der Waals surface area contributed by atoms with Crippen LogP contribution in [0.1, 0.15) is 15.9 Å². The Balaban J connectivity index is 2.17. The van der Waals surface area contributed by atoms with Gasteiger partial charge in [-0.1, -0.05) is 12.1 Å². The van der Waals surface area contributed by atoms with Gasteiger partial charge in [0.1, 0.15) is 23.4 Å². The lowest BCUT2D eigenvalue weighted by Crippen LogP contribution is -2.00. The van der Waals surface area contributed by atoms with Crippen LogP contribution in [0.3, 0.4) is 0 Å². The molecular formula is C21H14O4. The summed E-state index contributed by atoms with van der Waals surface area (Å²) >= 11 is 0. The van der Waals surface area contributed by atoms with Crippen molar-refractivity contribution >= 4 is 17.3 Å². The van der Waals surface area contributed by atoms with Crippen LogP contribution >= 0.6 is 0 Å². The zero-order chi connectivity index (χ0) is 17.6. The molecule has 0 saturated heterocycles. The summed E-state index contributed by atoms with van der Waals surface area (Å²) < 4.78 is 5.84. The van der Waals surface area contributed by atoms with Gasteiger partial charge in [0.15, 0.2) is 5.43 Å². The van der Waals surface area contributed by atoms with E-state index in [1.807, 2.05) is 19.1 Å². The third-order valence-electron chi connectivity index (χ3n) is 4.33. The lowest BCUT2D eigenvalue weighted by Gasteiger charge is -2.16. The maximum absolute atomic E-state index is 11.7. The van der Waals surface area contributed by atoms with Crippen LogP contribution in [0.25, 0.3) is 33.4 Å². The largest absolute Gasteiger partial charge is 0.508 e. The van der Waals surface area contributed by atoms with E-state index in [1.165, 1.54) is 18.2 Å². The third-order valence-corrected chi connectivity index (χ3v) is 4.33. The number of benzene rings is 3. The van der Waals surface area contributed by atoms with Crippen LogP contribution in [0, 0.1) is 6.92 Å². The highest BCUT2D eigenvalue weighted by atomic mass is 16.3. The molecule has 0 bridgehead atoms. The highest BCUT2D eigenvalue weighted by molar-refractivity contribution is 6.03. The summed E-state index contributed by atoms with van der Waals surface area (Å²) in [5, 5.41) is 10.6. The van der Waals surface area contributed by atoms with Crippen molar-refractivity contribution in [2.75, 3.05) is 0 Å². The van der Waals surface area contributed by atoms with Crippen LogP contribution in [-0.4, -0.2) is 11.4 Å². The quantitative estimate of drug-likeness (QED) is 0.437. The maximum Gasteiger partial charge on any atom is 0.182 e. The van der Waals surface area contributed by atoms with E-state index in [2.05, 4.69) is 0 Å². The first-order valence-corrected chi connectivity index (χ1v) is 7.82. The summed E-state index contributed by atoms with van der Waals surface area (Å²) in [6.45, 7) is 1.94. The summed E-state index contributed by atoms with van der Waals surface area (Å²) in [5.41, 5.74) is 4.56. The second kappa shape index (κ2) is 5.60. The molecule has 1 heterocycles. The summed E-state index contributed by atoms with van der Waals surface area (Å²) in [5.74, 6) is 0.548. The zero-order valence-electron chi connectivity index (χ0n) is 13.4. The number of hydrogen-bond donors (Lipinski definition) is 1. The molecule has 0 amide bonds. The molecule has 2 aliphatic rings. The molecule has 25 heavy (non-hydrogen) atoms. The van der Waals surface area contributed by atoms with E-state index in [1.54, 1.807) is 24.3 Å². The molecule has 1 N–H and O–H groups in total. The van der Waals surface area contributed by atoms with Crippen molar-refractivity contribution in [1.82, 2.24) is 0 Å². The van der Waals surface area contributed by atoms with Crippen LogP contribution in [0.5, 0.6) is 5.75 Å². The molecule has 0 saturated carbocycles. The Morgan fingerprint density at radius 2 is 1.76 bits per heavy atom. The first-order chi connectivity index (χ1) is 12.1. The van der Waals surface area contributed by atoms with Crippen molar-refractivity contribution in [1.29, 1.82) is 0 Å². The number of aldehydes is 1. The number of fused-ring (bicyclic) bond motifs is 2. The number of hydrogen-bond acceptors (Lipinski definition) is 4. The second-order valence-electron chi connectivity index (χ2n) is 6.01. The first-order valence-electron chi connectivity index (χ1n) is 7.82. The maximum atomic E-state index is 11.7. The lowest BCUT2D eigenvalue weighted by atomic mass is 9.90. The number of aromatic hydroxyl groups is 1.